The third kappa shape index (κ3) is 4.39. The smallest absolute Gasteiger partial charge is 0.383 e. The molecular weight excluding hydrogens is 514 g/mol. The predicted molar refractivity (Wildman–Crippen MR) is 136 cm³/mol. The van der Waals surface area contributed by atoms with Crippen LogP contribution in [0.15, 0.2) is 54.6 Å². The van der Waals surface area contributed by atoms with Crippen LogP contribution in [0.3, 0.4) is 0 Å². The molecule has 10 heteroatoms. The van der Waals surface area contributed by atoms with Crippen molar-refractivity contribution in [1.29, 1.82) is 0 Å². The van der Waals surface area contributed by atoms with E-state index in [1.165, 1.54) is 29.2 Å². The number of hydrogen-bond donors (Lipinski definition) is 1. The summed E-state index contributed by atoms with van der Waals surface area (Å²) in [5.74, 6) is -0.941. The fourth-order valence-electron chi connectivity index (χ4n) is 5.27. The molecule has 2 aliphatic rings. The molecule has 3 aromatic carbocycles. The van der Waals surface area contributed by atoms with Crippen molar-refractivity contribution in [2.45, 2.75) is 32.0 Å². The van der Waals surface area contributed by atoms with E-state index >= 15 is 4.39 Å². The van der Waals surface area contributed by atoms with Gasteiger partial charge in [-0.1, -0.05) is 24.3 Å². The van der Waals surface area contributed by atoms with E-state index in [1.807, 2.05) is 12.1 Å². The van der Waals surface area contributed by atoms with Gasteiger partial charge >= 0.3 is 6.18 Å². The Morgan fingerprint density at radius 1 is 0.974 bits per heavy atom. The van der Waals surface area contributed by atoms with Gasteiger partial charge in [-0.25, -0.2) is 9.37 Å². The standard InChI is InChI=1S/C29H23F4N3O3/c1-36(28(37)21-9-20-22-12-39-13-23(22)27(34)35-25(20)10-24(21)30)26-14-38-11-17-8-16(4-7-19(17)26)15-2-5-18(6-3-15)29(31,32)33/h2-10,26H,11-14H2,1H3,(H2,34,35). The molecule has 6 nitrogen and oxygen atoms in total. The van der Waals surface area contributed by atoms with Crippen molar-refractivity contribution < 1.29 is 31.8 Å². The topological polar surface area (TPSA) is 77.7 Å². The van der Waals surface area contributed by atoms with E-state index in [4.69, 9.17) is 15.2 Å². The Bertz CT molecular complexity index is 1620. The highest BCUT2D eigenvalue weighted by atomic mass is 19.4. The van der Waals surface area contributed by atoms with Crippen LogP contribution in [0.4, 0.5) is 23.4 Å². The fraction of sp³-hybridized carbons (Fsp3) is 0.241. The first-order valence-corrected chi connectivity index (χ1v) is 12.3. The predicted octanol–water partition coefficient (Wildman–Crippen LogP) is 6.02. The van der Waals surface area contributed by atoms with Crippen LogP contribution in [0.5, 0.6) is 0 Å². The Labute approximate surface area is 221 Å². The lowest BCUT2D eigenvalue weighted by Gasteiger charge is -2.33. The second-order valence-corrected chi connectivity index (χ2v) is 9.73. The van der Waals surface area contributed by atoms with Crippen LogP contribution in [0.25, 0.3) is 22.0 Å². The van der Waals surface area contributed by atoms with E-state index in [-0.39, 0.29) is 24.6 Å². The summed E-state index contributed by atoms with van der Waals surface area (Å²) in [5, 5.41) is 0.622. The van der Waals surface area contributed by atoms with Gasteiger partial charge in [0.2, 0.25) is 0 Å². The van der Waals surface area contributed by atoms with E-state index in [2.05, 4.69) is 4.98 Å². The van der Waals surface area contributed by atoms with Gasteiger partial charge in [0.1, 0.15) is 11.6 Å². The van der Waals surface area contributed by atoms with E-state index in [0.29, 0.717) is 29.7 Å². The lowest BCUT2D eigenvalue weighted by atomic mass is 9.93. The number of benzene rings is 3. The van der Waals surface area contributed by atoms with Crippen LogP contribution in [0.2, 0.25) is 0 Å². The number of hydrogen-bond acceptors (Lipinski definition) is 5. The lowest BCUT2D eigenvalue weighted by molar-refractivity contribution is -0.137. The van der Waals surface area contributed by atoms with Crippen LogP contribution < -0.4 is 5.73 Å². The van der Waals surface area contributed by atoms with Gasteiger partial charge in [0.05, 0.1) is 49.1 Å². The highest BCUT2D eigenvalue weighted by Crippen LogP contribution is 2.36. The maximum Gasteiger partial charge on any atom is 0.416 e. The monoisotopic (exact) mass is 537 g/mol. The first kappa shape index (κ1) is 25.3. The largest absolute Gasteiger partial charge is 0.416 e. The van der Waals surface area contributed by atoms with Crippen molar-refractivity contribution in [2.24, 2.45) is 0 Å². The number of alkyl halides is 3. The normalized spacial score (nSPS) is 16.7. The van der Waals surface area contributed by atoms with Crippen LogP contribution in [0.1, 0.15) is 44.2 Å². The number of aromatic nitrogens is 1. The van der Waals surface area contributed by atoms with Gasteiger partial charge in [-0.05, 0) is 52.1 Å². The molecular formula is C29H23F4N3O3. The van der Waals surface area contributed by atoms with Crippen molar-refractivity contribution in [1.82, 2.24) is 9.88 Å². The van der Waals surface area contributed by atoms with E-state index in [9.17, 15) is 18.0 Å². The van der Waals surface area contributed by atoms with Gasteiger partial charge in [0.15, 0.2) is 0 Å². The molecule has 2 aliphatic heterocycles. The van der Waals surface area contributed by atoms with Gasteiger partial charge in [-0.2, -0.15) is 13.2 Å². The zero-order valence-electron chi connectivity index (χ0n) is 20.8. The third-order valence-electron chi connectivity index (χ3n) is 7.42. The minimum absolute atomic E-state index is 0.0980. The average molecular weight is 538 g/mol. The molecule has 0 saturated heterocycles. The molecule has 0 bridgehead atoms. The quantitative estimate of drug-likeness (QED) is 0.324. The van der Waals surface area contributed by atoms with Crippen molar-refractivity contribution in [3.05, 3.63) is 93.8 Å². The average Bonchev–Trinajstić information content (AvgIpc) is 3.42. The zero-order chi connectivity index (χ0) is 27.5. The number of fused-ring (bicyclic) bond motifs is 4. The summed E-state index contributed by atoms with van der Waals surface area (Å²) in [6.45, 7) is 1.12. The number of pyridine rings is 1. The molecule has 0 spiro atoms. The van der Waals surface area contributed by atoms with Gasteiger partial charge in [0.25, 0.3) is 5.91 Å². The minimum Gasteiger partial charge on any atom is -0.383 e. The molecule has 200 valence electrons. The van der Waals surface area contributed by atoms with E-state index < -0.39 is 29.5 Å². The maximum absolute atomic E-state index is 15.2. The first-order valence-electron chi connectivity index (χ1n) is 12.3. The Morgan fingerprint density at radius 3 is 2.44 bits per heavy atom. The Morgan fingerprint density at radius 2 is 1.69 bits per heavy atom. The zero-order valence-corrected chi connectivity index (χ0v) is 20.8. The number of halogens is 4. The number of carbonyl (C=O) groups is 1. The van der Waals surface area contributed by atoms with Crippen molar-refractivity contribution in [3.8, 4) is 11.1 Å². The molecule has 0 fully saturated rings. The summed E-state index contributed by atoms with van der Waals surface area (Å²) < 4.78 is 65.3. The molecule has 0 radical (unpaired) electrons. The molecule has 1 amide bonds. The third-order valence-corrected chi connectivity index (χ3v) is 7.42. The Hall–Kier alpha value is -4.02. The molecule has 1 atom stereocenters. The SMILES string of the molecule is CN(C(=O)c1cc2c3c(c(N)nc2cc1F)COC3)C1COCc2cc(-c3ccc(C(F)(F)F)cc3)ccc21. The molecule has 1 aromatic heterocycles. The van der Waals surface area contributed by atoms with Gasteiger partial charge in [-0.3, -0.25) is 4.79 Å². The van der Waals surface area contributed by atoms with E-state index in [1.54, 1.807) is 13.1 Å². The molecule has 4 aromatic rings. The molecule has 2 N–H and O–H groups in total. The van der Waals surface area contributed by atoms with E-state index in [0.717, 1.165) is 39.9 Å². The van der Waals surface area contributed by atoms with Crippen LogP contribution in [0, 0.1) is 5.82 Å². The van der Waals surface area contributed by atoms with Crippen LogP contribution in [-0.4, -0.2) is 29.4 Å². The second kappa shape index (κ2) is 9.32. The molecule has 39 heavy (non-hydrogen) atoms. The lowest BCUT2D eigenvalue weighted by Crippen LogP contribution is -2.36. The number of nitrogens with two attached hydrogens (primary N) is 1. The molecule has 1 unspecified atom stereocenters. The van der Waals surface area contributed by atoms with Crippen LogP contribution in [-0.2, 0) is 35.5 Å². The van der Waals surface area contributed by atoms with Gasteiger partial charge in [0, 0.05) is 24.1 Å². The maximum atomic E-state index is 15.2. The number of rotatable bonds is 3. The molecule has 6 rings (SSSR count). The Balaban J connectivity index is 1.31. The number of anilines is 1. The summed E-state index contributed by atoms with van der Waals surface area (Å²) in [4.78, 5) is 19.3. The summed E-state index contributed by atoms with van der Waals surface area (Å²) in [5.41, 5.74) is 10.1. The van der Waals surface area contributed by atoms with Crippen molar-refractivity contribution >= 4 is 22.6 Å². The fourth-order valence-corrected chi connectivity index (χ4v) is 5.27. The molecule has 3 heterocycles. The number of amides is 1. The number of likely N-dealkylation sites (N-methyl/N-ethyl adjacent to an activating group) is 1. The first-order chi connectivity index (χ1) is 18.6. The molecule has 0 aliphatic carbocycles. The number of carbonyl (C=O) groups excluding carboxylic acids is 1. The summed E-state index contributed by atoms with van der Waals surface area (Å²) in [6, 6.07) is 12.7. The summed E-state index contributed by atoms with van der Waals surface area (Å²) in [6.07, 6.45) is -4.41. The minimum atomic E-state index is -4.41. The number of nitrogens with zero attached hydrogens (tertiary/aromatic N) is 2. The highest BCUT2D eigenvalue weighted by molar-refractivity contribution is 5.99. The summed E-state index contributed by atoms with van der Waals surface area (Å²) >= 11 is 0. The van der Waals surface area contributed by atoms with Gasteiger partial charge < -0.3 is 20.1 Å². The highest BCUT2D eigenvalue weighted by Gasteiger charge is 2.32. The van der Waals surface area contributed by atoms with Crippen molar-refractivity contribution in [2.75, 3.05) is 19.4 Å². The Kier molecular flexibility index (Phi) is 6.04. The number of ether oxygens (including phenoxy) is 2. The second-order valence-electron chi connectivity index (χ2n) is 9.73. The number of nitrogen functional groups attached to an aromatic ring is 1. The van der Waals surface area contributed by atoms with Crippen molar-refractivity contribution in [3.63, 3.8) is 0 Å². The molecule has 0 saturated carbocycles. The van der Waals surface area contributed by atoms with Crippen LogP contribution >= 0.6 is 0 Å². The summed E-state index contributed by atoms with van der Waals surface area (Å²) in [7, 11) is 1.59. The van der Waals surface area contributed by atoms with Gasteiger partial charge in [-0.15, -0.1) is 0 Å².